The highest BCUT2D eigenvalue weighted by Gasteiger charge is 2.21. The molecule has 1 saturated heterocycles. The van der Waals surface area contributed by atoms with Crippen LogP contribution >= 0.6 is 0 Å². The minimum atomic E-state index is 0.170. The average Bonchev–Trinajstić information content (AvgIpc) is 2.93. The normalized spacial score (nSPS) is 18.0. The smallest absolute Gasteiger partial charge is 0.234 e. The van der Waals surface area contributed by atoms with E-state index in [2.05, 4.69) is 19.9 Å². The Balaban J connectivity index is 1.60. The third-order valence-electron chi connectivity index (χ3n) is 5.08. The van der Waals surface area contributed by atoms with Crippen molar-refractivity contribution in [2.75, 3.05) is 13.1 Å². The monoisotopic (exact) mass is 350 g/mol. The first-order valence-corrected chi connectivity index (χ1v) is 9.06. The van der Waals surface area contributed by atoms with Crippen LogP contribution in [0.5, 0.6) is 0 Å². The predicted octanol–water partition coefficient (Wildman–Crippen LogP) is 2.38. The number of fused-ring (bicyclic) bond motifs is 1. The number of hydrogen-bond donors (Lipinski definition) is 0. The molecule has 0 radical (unpaired) electrons. The number of aromatic nitrogens is 5. The zero-order valence-electron chi connectivity index (χ0n) is 14.9. The molecule has 0 spiro atoms. The molecule has 26 heavy (non-hydrogen) atoms. The second-order valence-electron chi connectivity index (χ2n) is 6.79. The van der Waals surface area contributed by atoms with Crippen molar-refractivity contribution < 1.29 is 4.79 Å². The Morgan fingerprint density at radius 3 is 2.88 bits per heavy atom. The van der Waals surface area contributed by atoms with Gasteiger partial charge in [0.05, 0.1) is 17.6 Å². The van der Waals surface area contributed by atoms with E-state index in [0.29, 0.717) is 11.7 Å². The quantitative estimate of drug-likeness (QED) is 0.725. The molecule has 1 amide bonds. The molecule has 0 aromatic carbocycles. The molecule has 7 nitrogen and oxygen atoms in total. The second kappa shape index (κ2) is 7.19. The topological polar surface area (TPSA) is 76.3 Å². The van der Waals surface area contributed by atoms with Crippen molar-refractivity contribution in [1.29, 1.82) is 0 Å². The molecule has 134 valence electrons. The highest BCUT2D eigenvalue weighted by molar-refractivity contribution is 5.73. The van der Waals surface area contributed by atoms with Crippen LogP contribution in [0.3, 0.4) is 0 Å². The van der Waals surface area contributed by atoms with Gasteiger partial charge in [-0.3, -0.25) is 19.2 Å². The fourth-order valence-electron chi connectivity index (χ4n) is 3.69. The Labute approximate surface area is 152 Å². The lowest BCUT2D eigenvalue weighted by molar-refractivity contribution is -0.128. The Morgan fingerprint density at radius 1 is 1.12 bits per heavy atom. The van der Waals surface area contributed by atoms with E-state index in [1.165, 1.54) is 0 Å². The largest absolute Gasteiger partial charge is 0.343 e. The van der Waals surface area contributed by atoms with E-state index in [4.69, 9.17) is 0 Å². The van der Waals surface area contributed by atoms with Crippen molar-refractivity contribution in [3.05, 3.63) is 42.7 Å². The van der Waals surface area contributed by atoms with Crippen LogP contribution in [0.25, 0.3) is 17.2 Å². The SMILES string of the molecule is CC(=O)N1CCCC(Cc2nccnc2-c2cnc3ncccn23)CC1. The van der Waals surface area contributed by atoms with Crippen molar-refractivity contribution in [2.24, 2.45) is 5.92 Å². The van der Waals surface area contributed by atoms with Crippen LogP contribution in [-0.2, 0) is 11.2 Å². The third kappa shape index (κ3) is 3.29. The van der Waals surface area contributed by atoms with Gasteiger partial charge >= 0.3 is 0 Å². The maximum atomic E-state index is 11.6. The molecule has 1 atom stereocenters. The highest BCUT2D eigenvalue weighted by Crippen LogP contribution is 2.26. The Morgan fingerprint density at radius 2 is 2.00 bits per heavy atom. The lowest BCUT2D eigenvalue weighted by atomic mass is 9.94. The maximum absolute atomic E-state index is 11.6. The van der Waals surface area contributed by atoms with E-state index in [0.717, 1.165) is 55.9 Å². The summed E-state index contributed by atoms with van der Waals surface area (Å²) in [5.41, 5.74) is 2.76. The summed E-state index contributed by atoms with van der Waals surface area (Å²) < 4.78 is 1.94. The first-order valence-electron chi connectivity index (χ1n) is 9.06. The van der Waals surface area contributed by atoms with E-state index in [9.17, 15) is 4.79 Å². The summed E-state index contributed by atoms with van der Waals surface area (Å²) in [5, 5.41) is 0. The molecule has 7 heteroatoms. The summed E-state index contributed by atoms with van der Waals surface area (Å²) >= 11 is 0. The Hall–Kier alpha value is -2.83. The summed E-state index contributed by atoms with van der Waals surface area (Å²) in [6.45, 7) is 3.34. The molecule has 0 saturated carbocycles. The first-order chi connectivity index (χ1) is 12.7. The molecule has 1 fully saturated rings. The van der Waals surface area contributed by atoms with Crippen molar-refractivity contribution in [3.8, 4) is 11.4 Å². The number of rotatable bonds is 3. The highest BCUT2D eigenvalue weighted by atomic mass is 16.2. The molecule has 4 heterocycles. The molecular weight excluding hydrogens is 328 g/mol. The zero-order chi connectivity index (χ0) is 17.9. The molecule has 4 rings (SSSR count). The molecule has 0 N–H and O–H groups in total. The van der Waals surface area contributed by atoms with Crippen LogP contribution in [-0.4, -0.2) is 48.2 Å². The van der Waals surface area contributed by atoms with Crippen LogP contribution in [0.15, 0.2) is 37.1 Å². The first kappa shape index (κ1) is 16.6. The minimum Gasteiger partial charge on any atom is -0.343 e. The number of imidazole rings is 1. The Bertz CT molecular complexity index is 921. The fraction of sp³-hybridized carbons (Fsp3) is 0.421. The summed E-state index contributed by atoms with van der Waals surface area (Å²) in [5.74, 6) is 1.34. The van der Waals surface area contributed by atoms with Gasteiger partial charge in [0.25, 0.3) is 0 Å². The lowest BCUT2D eigenvalue weighted by Crippen LogP contribution is -2.29. The molecule has 1 unspecified atom stereocenters. The van der Waals surface area contributed by atoms with E-state index >= 15 is 0 Å². The van der Waals surface area contributed by atoms with Gasteiger partial charge in [0.1, 0.15) is 5.69 Å². The van der Waals surface area contributed by atoms with Crippen LogP contribution < -0.4 is 0 Å². The van der Waals surface area contributed by atoms with Gasteiger partial charge < -0.3 is 4.90 Å². The zero-order valence-corrected chi connectivity index (χ0v) is 14.9. The summed E-state index contributed by atoms with van der Waals surface area (Å²) in [7, 11) is 0. The van der Waals surface area contributed by atoms with Crippen molar-refractivity contribution in [1.82, 2.24) is 29.2 Å². The molecule has 3 aromatic heterocycles. The van der Waals surface area contributed by atoms with Crippen molar-refractivity contribution in [2.45, 2.75) is 32.6 Å². The summed E-state index contributed by atoms with van der Waals surface area (Å²) in [6, 6.07) is 1.88. The number of carbonyl (C=O) groups excluding carboxylic acids is 1. The standard InChI is InChI=1S/C19H22N6O/c1-14(26)24-9-2-4-15(5-11-24)12-16-18(21-8-7-20-16)17-13-23-19-22-6-3-10-25(17)19/h3,6-8,10,13,15H,2,4-5,9,11-12H2,1H3. The number of amides is 1. The predicted molar refractivity (Wildman–Crippen MR) is 97.3 cm³/mol. The minimum absolute atomic E-state index is 0.170. The Kier molecular flexibility index (Phi) is 4.60. The van der Waals surface area contributed by atoms with Gasteiger partial charge in [0.2, 0.25) is 11.7 Å². The van der Waals surface area contributed by atoms with Gasteiger partial charge in [-0.1, -0.05) is 0 Å². The fourth-order valence-corrected chi connectivity index (χ4v) is 3.69. The van der Waals surface area contributed by atoms with Crippen LogP contribution in [0.2, 0.25) is 0 Å². The lowest BCUT2D eigenvalue weighted by Gasteiger charge is -2.18. The molecule has 1 aliphatic rings. The van der Waals surface area contributed by atoms with Crippen LogP contribution in [0.4, 0.5) is 0 Å². The second-order valence-corrected chi connectivity index (χ2v) is 6.79. The van der Waals surface area contributed by atoms with Gasteiger partial charge in [0, 0.05) is 44.8 Å². The average molecular weight is 350 g/mol. The molecular formula is C19H22N6O. The maximum Gasteiger partial charge on any atom is 0.234 e. The van der Waals surface area contributed by atoms with Crippen LogP contribution in [0.1, 0.15) is 31.9 Å². The van der Waals surface area contributed by atoms with Gasteiger partial charge in [-0.05, 0) is 37.7 Å². The number of carbonyl (C=O) groups is 1. The van der Waals surface area contributed by atoms with Crippen LogP contribution in [0, 0.1) is 5.92 Å². The molecule has 0 aliphatic carbocycles. The van der Waals surface area contributed by atoms with E-state index in [1.807, 2.05) is 21.6 Å². The van der Waals surface area contributed by atoms with Gasteiger partial charge in [0.15, 0.2) is 0 Å². The number of hydrogen-bond acceptors (Lipinski definition) is 5. The molecule has 1 aliphatic heterocycles. The van der Waals surface area contributed by atoms with E-state index in [-0.39, 0.29) is 5.91 Å². The van der Waals surface area contributed by atoms with E-state index in [1.54, 1.807) is 31.7 Å². The number of nitrogens with zero attached hydrogens (tertiary/aromatic N) is 6. The molecule has 3 aromatic rings. The third-order valence-corrected chi connectivity index (χ3v) is 5.08. The van der Waals surface area contributed by atoms with E-state index < -0.39 is 0 Å². The van der Waals surface area contributed by atoms with Gasteiger partial charge in [-0.25, -0.2) is 9.97 Å². The summed E-state index contributed by atoms with van der Waals surface area (Å²) in [6.07, 6.45) is 13.0. The van der Waals surface area contributed by atoms with Crippen molar-refractivity contribution in [3.63, 3.8) is 0 Å². The van der Waals surface area contributed by atoms with Gasteiger partial charge in [-0.2, -0.15) is 0 Å². The number of likely N-dealkylation sites (tertiary alicyclic amines) is 1. The van der Waals surface area contributed by atoms with Crippen molar-refractivity contribution >= 4 is 11.7 Å². The summed E-state index contributed by atoms with van der Waals surface area (Å²) in [4.78, 5) is 31.4. The van der Waals surface area contributed by atoms with Gasteiger partial charge in [-0.15, -0.1) is 0 Å². The molecule has 0 bridgehead atoms.